The second kappa shape index (κ2) is 19.6. The van der Waals surface area contributed by atoms with Crippen LogP contribution in [0.1, 0.15) is 25.7 Å². The highest BCUT2D eigenvalue weighted by Gasteiger charge is 3.02. The van der Waals surface area contributed by atoms with Crippen molar-refractivity contribution < 1.29 is 219 Å². The lowest BCUT2D eigenvalue weighted by atomic mass is 9.86. The normalized spacial score (nSPS) is 19.9. The van der Waals surface area contributed by atoms with E-state index in [1.54, 1.807) is 0 Å². The molecule has 0 aromatic carbocycles. The van der Waals surface area contributed by atoms with E-state index in [2.05, 4.69) is 0 Å². The number of hydrogen-bond acceptors (Lipinski definition) is 4. The molecule has 1 aliphatic rings. The van der Waals surface area contributed by atoms with Crippen molar-refractivity contribution in [3.8, 4) is 0 Å². The maximum Gasteiger partial charge on any atom is 0.460 e. The van der Waals surface area contributed by atoms with Crippen molar-refractivity contribution in [3.63, 3.8) is 0 Å². The molecule has 0 unspecified atom stereocenters. The molecule has 0 spiro atoms. The van der Waals surface area contributed by atoms with Gasteiger partial charge in [0.15, 0.2) is 0 Å². The average molecular weight is 1380 g/mol. The summed E-state index contributed by atoms with van der Waals surface area (Å²) in [6.45, 7) is 0. The number of alkyl halides is 46. The summed E-state index contributed by atoms with van der Waals surface area (Å²) in [5.74, 6) is -173. The predicted octanol–water partition coefficient (Wildman–Crippen LogP) is 13.9. The molecule has 1 fully saturated rings. The number of halogens is 46. The van der Waals surface area contributed by atoms with Crippen molar-refractivity contribution >= 4 is 20.0 Å². The summed E-state index contributed by atoms with van der Waals surface area (Å²) >= 11 is 0. The van der Waals surface area contributed by atoms with E-state index >= 15 is 0 Å². The zero-order valence-corrected chi connectivity index (χ0v) is 37.5. The van der Waals surface area contributed by atoms with Crippen LogP contribution in [0, 0.1) is 0 Å². The Balaban J connectivity index is 3.67. The first kappa shape index (κ1) is 76.6. The molecule has 54 heteroatoms. The molecular formula is C28H12F46N2O4S2. The molecule has 0 bridgehead atoms. The van der Waals surface area contributed by atoms with Crippen LogP contribution in [0.5, 0.6) is 0 Å². The molecule has 0 radical (unpaired) electrons. The van der Waals surface area contributed by atoms with E-state index in [1.165, 1.54) is 0 Å². The first-order valence-corrected chi connectivity index (χ1v) is 21.4. The Morgan fingerprint density at radius 1 is 0.195 bits per heavy atom. The van der Waals surface area contributed by atoms with Crippen LogP contribution in [0.25, 0.3) is 0 Å². The van der Waals surface area contributed by atoms with Gasteiger partial charge in [-0.3, -0.25) is 0 Å². The molecule has 0 aromatic heterocycles. The lowest BCUT2D eigenvalue weighted by Gasteiger charge is -2.45. The third-order valence-electron chi connectivity index (χ3n) is 10.8. The summed E-state index contributed by atoms with van der Waals surface area (Å²) in [6, 6.07) is -6.35. The first-order valence-electron chi connectivity index (χ1n) is 18.4. The summed E-state index contributed by atoms with van der Waals surface area (Å²) in [4.78, 5) is 0. The van der Waals surface area contributed by atoms with Crippen LogP contribution in [0.15, 0.2) is 0 Å². The molecule has 6 nitrogen and oxygen atoms in total. The maximum atomic E-state index is 14.6. The minimum Gasteiger partial charge on any atom is -0.207 e. The highest BCUT2D eigenvalue weighted by molar-refractivity contribution is 7.90. The van der Waals surface area contributed by atoms with Gasteiger partial charge in [-0.15, -0.1) is 0 Å². The number of sulfonamides is 2. The summed E-state index contributed by atoms with van der Waals surface area (Å²) < 4.78 is 678. The Kier molecular flexibility index (Phi) is 18.3. The molecule has 82 heavy (non-hydrogen) atoms. The quantitative estimate of drug-likeness (QED) is 0.0942. The Morgan fingerprint density at radius 3 is 0.427 bits per heavy atom. The highest BCUT2D eigenvalue weighted by Crippen LogP contribution is 2.70. The van der Waals surface area contributed by atoms with Gasteiger partial charge in [-0.2, -0.15) is 202 Å². The summed E-state index contributed by atoms with van der Waals surface area (Å²) in [5, 5.41) is -17.2. The Bertz CT molecular complexity index is 2380. The smallest absolute Gasteiger partial charge is 0.207 e. The molecule has 0 amide bonds. The van der Waals surface area contributed by atoms with E-state index in [4.69, 9.17) is 0 Å². The predicted molar refractivity (Wildman–Crippen MR) is 161 cm³/mol. The summed E-state index contributed by atoms with van der Waals surface area (Å²) in [7, 11) is -17.0. The van der Waals surface area contributed by atoms with Gasteiger partial charge in [-0.1, -0.05) is 0 Å². The van der Waals surface area contributed by atoms with Crippen molar-refractivity contribution in [2.24, 2.45) is 0 Å². The molecule has 1 rings (SSSR count). The van der Waals surface area contributed by atoms with Gasteiger partial charge in [-0.25, -0.2) is 26.3 Å². The van der Waals surface area contributed by atoms with Crippen molar-refractivity contribution in [1.29, 1.82) is 0 Å². The zero-order chi connectivity index (χ0) is 67.4. The van der Waals surface area contributed by atoms with Crippen molar-refractivity contribution in [2.45, 2.75) is 167 Å². The molecule has 0 aromatic rings. The van der Waals surface area contributed by atoms with Crippen LogP contribution in [0.4, 0.5) is 202 Å². The Morgan fingerprint density at radius 2 is 0.305 bits per heavy atom. The van der Waals surface area contributed by atoms with Crippen LogP contribution in [-0.4, -0.2) is 158 Å². The fourth-order valence-electron chi connectivity index (χ4n) is 5.74. The fourth-order valence-corrected chi connectivity index (χ4v) is 8.31. The fraction of sp³-hybridized carbons (Fsp3) is 1.00. The van der Waals surface area contributed by atoms with E-state index in [0.717, 1.165) is 0 Å². The maximum absolute atomic E-state index is 14.6. The third-order valence-corrected chi connectivity index (χ3v) is 13.9. The molecule has 0 heterocycles. The molecule has 0 aliphatic heterocycles. The van der Waals surface area contributed by atoms with Crippen LogP contribution in [0.2, 0.25) is 0 Å². The summed E-state index contributed by atoms with van der Waals surface area (Å²) in [6.07, 6.45) is -25.2. The van der Waals surface area contributed by atoms with Gasteiger partial charge in [0, 0.05) is 12.1 Å². The van der Waals surface area contributed by atoms with Crippen LogP contribution >= 0.6 is 0 Å². The van der Waals surface area contributed by atoms with E-state index in [0.29, 0.717) is 0 Å². The Labute approximate surface area is 416 Å². The molecular weight excluding hydrogens is 1370 g/mol. The molecule has 492 valence electrons. The largest absolute Gasteiger partial charge is 0.460 e. The van der Waals surface area contributed by atoms with Gasteiger partial charge in [0.2, 0.25) is 0 Å². The SMILES string of the molecule is O=S(=O)(NC1CCC(NS(=O)(=O)C(F)(F)C(F)(F)C(F)(F)C(F)(F)C(F)(F)C(F)(F)C(F)(F)C(F)(F)C(F)(F)C(F)(F)C(F)(F)F)CC1)C(F)(F)C(F)(F)C(F)(F)C(F)(F)C(F)(F)C(F)(F)C(F)(F)C(F)(F)C(F)(F)C(F)(F)C(F)(F)F. The van der Waals surface area contributed by atoms with E-state index in [9.17, 15) is 219 Å². The second-order valence-corrected chi connectivity index (χ2v) is 19.7. The van der Waals surface area contributed by atoms with E-state index in [1.807, 2.05) is 0 Å². The van der Waals surface area contributed by atoms with Gasteiger partial charge in [0.05, 0.1) is 0 Å². The topological polar surface area (TPSA) is 92.3 Å². The molecule has 0 saturated heterocycles. The molecule has 0 atom stereocenters. The first-order chi connectivity index (χ1) is 34.7. The second-order valence-electron chi connectivity index (χ2n) is 16.2. The van der Waals surface area contributed by atoms with E-state index < -0.39 is 187 Å². The zero-order valence-electron chi connectivity index (χ0n) is 35.8. The van der Waals surface area contributed by atoms with Crippen LogP contribution in [0.3, 0.4) is 0 Å². The summed E-state index contributed by atoms with van der Waals surface area (Å²) in [5.41, 5.74) is 0. The van der Waals surface area contributed by atoms with Gasteiger partial charge in [0.25, 0.3) is 20.0 Å². The number of nitrogens with one attached hydrogen (secondary N) is 2. The lowest BCUT2D eigenvalue weighted by molar-refractivity contribution is -0.476. The minimum atomic E-state index is -9.98. The van der Waals surface area contributed by atoms with Crippen molar-refractivity contribution in [3.05, 3.63) is 0 Å². The minimum absolute atomic E-state index is 0.163. The van der Waals surface area contributed by atoms with Gasteiger partial charge in [-0.05, 0) is 25.7 Å². The number of hydrogen-bond donors (Lipinski definition) is 2. The van der Waals surface area contributed by atoms with Crippen molar-refractivity contribution in [1.82, 2.24) is 9.44 Å². The van der Waals surface area contributed by atoms with Gasteiger partial charge < -0.3 is 0 Å². The highest BCUT2D eigenvalue weighted by atomic mass is 32.2. The van der Waals surface area contributed by atoms with Crippen LogP contribution in [-0.2, 0) is 20.0 Å². The van der Waals surface area contributed by atoms with Gasteiger partial charge in [0.1, 0.15) is 0 Å². The lowest BCUT2D eigenvalue weighted by Crippen LogP contribution is -2.78. The molecule has 2 N–H and O–H groups in total. The third kappa shape index (κ3) is 9.51. The van der Waals surface area contributed by atoms with Crippen LogP contribution < -0.4 is 9.44 Å². The van der Waals surface area contributed by atoms with E-state index in [-0.39, 0.29) is 9.44 Å². The monoisotopic (exact) mass is 1380 g/mol. The molecule has 1 aliphatic carbocycles. The standard InChI is InChI=1S/C28H12F46N2O4S2/c29-7(30,9(33,34)13(41,42)17(49,50)21(57,58)25(65,66)67)11(37,38)15(45,46)19(53,54)23(61,62)27(71,72)81(77,78)75-5-1-2-6(4-3-5)76-82(79,80)28(73,74)24(63,64)20(55,56)16(47,48)12(39,40)8(31,32)10(35,36)14(43,44)18(51,52)22(59,60)26(68,69)70/h5-6,75-76H,1-4H2. The average Bonchev–Trinajstić information content (AvgIpc) is 3.24. The molecule has 1 saturated carbocycles. The Hall–Kier alpha value is -3.40. The number of rotatable bonds is 24. The van der Waals surface area contributed by atoms with Gasteiger partial charge >= 0.3 is 129 Å². The van der Waals surface area contributed by atoms with Crippen molar-refractivity contribution in [2.75, 3.05) is 0 Å².